The van der Waals surface area contributed by atoms with Crippen molar-refractivity contribution in [3.05, 3.63) is 72.3 Å². The van der Waals surface area contributed by atoms with Gasteiger partial charge in [0.2, 0.25) is 5.91 Å². The summed E-state index contributed by atoms with van der Waals surface area (Å²) >= 11 is 6.88. The molecule has 8 heteroatoms. The number of carbonyl (C=O) groups is 1. The van der Waals surface area contributed by atoms with E-state index >= 15 is 0 Å². The van der Waals surface area contributed by atoms with Crippen molar-refractivity contribution in [3.8, 4) is 11.5 Å². The zero-order valence-corrected chi connectivity index (χ0v) is 20.6. The fourth-order valence-corrected chi connectivity index (χ4v) is 4.12. The molecule has 1 atom stereocenters. The summed E-state index contributed by atoms with van der Waals surface area (Å²) in [5.41, 5.74) is 3.57. The van der Waals surface area contributed by atoms with Gasteiger partial charge in [-0.3, -0.25) is 4.79 Å². The Morgan fingerprint density at radius 2 is 1.48 bits per heavy atom. The van der Waals surface area contributed by atoms with Crippen LogP contribution in [-0.4, -0.2) is 30.5 Å². The Balaban J connectivity index is 1.59. The van der Waals surface area contributed by atoms with Crippen molar-refractivity contribution < 1.29 is 14.3 Å². The highest BCUT2D eigenvalue weighted by atomic mass is 32.2. The van der Waals surface area contributed by atoms with Gasteiger partial charge >= 0.3 is 0 Å². The average Bonchev–Trinajstić information content (AvgIpc) is 2.80. The first-order valence-corrected chi connectivity index (χ1v) is 11.6. The van der Waals surface area contributed by atoms with Gasteiger partial charge in [-0.2, -0.15) is 0 Å². The molecule has 0 radical (unpaired) electrons. The quantitative estimate of drug-likeness (QED) is 0.272. The minimum atomic E-state index is -0.324. The Labute approximate surface area is 204 Å². The maximum Gasteiger partial charge on any atom is 0.237 e. The van der Waals surface area contributed by atoms with E-state index in [9.17, 15) is 4.79 Å². The van der Waals surface area contributed by atoms with Gasteiger partial charge in [0.05, 0.1) is 19.5 Å². The minimum Gasteiger partial charge on any atom is -0.497 e. The van der Waals surface area contributed by atoms with Gasteiger partial charge in [-0.15, -0.1) is 11.8 Å². The van der Waals surface area contributed by atoms with Crippen LogP contribution < -0.4 is 25.4 Å². The maximum atomic E-state index is 12.7. The average molecular weight is 482 g/mol. The van der Waals surface area contributed by atoms with Crippen LogP contribution in [0.5, 0.6) is 11.5 Å². The molecule has 172 valence electrons. The van der Waals surface area contributed by atoms with Crippen molar-refractivity contribution in [1.82, 2.24) is 0 Å². The van der Waals surface area contributed by atoms with Crippen molar-refractivity contribution in [2.24, 2.45) is 0 Å². The SMILES string of the molecule is COc1cc(NC(=O)C(C)Sc2cccc(NC(=S)Nc3ccc(C)cc3)c2)cc(OC)c1. The molecule has 0 spiro atoms. The standard InChI is InChI=1S/C25H27N3O3S2/c1-16-8-10-18(11-9-16)27-25(32)28-19-6-5-7-23(14-19)33-17(2)24(29)26-20-12-21(30-3)15-22(13-20)31-4/h5-15,17H,1-4H3,(H,26,29)(H2,27,28,32). The van der Waals surface area contributed by atoms with E-state index in [1.54, 1.807) is 32.4 Å². The van der Waals surface area contributed by atoms with Crippen LogP contribution in [0.2, 0.25) is 0 Å². The number of amides is 1. The van der Waals surface area contributed by atoms with E-state index in [1.807, 2.05) is 62.4 Å². The van der Waals surface area contributed by atoms with Crippen LogP contribution in [0.4, 0.5) is 17.1 Å². The molecule has 0 fully saturated rings. The number of methoxy groups -OCH3 is 2. The molecule has 0 aliphatic carbocycles. The summed E-state index contributed by atoms with van der Waals surface area (Å²) in [5.74, 6) is 1.10. The van der Waals surface area contributed by atoms with Crippen LogP contribution >= 0.6 is 24.0 Å². The van der Waals surface area contributed by atoms with Crippen molar-refractivity contribution in [2.45, 2.75) is 24.0 Å². The first-order chi connectivity index (χ1) is 15.9. The smallest absolute Gasteiger partial charge is 0.237 e. The maximum absolute atomic E-state index is 12.7. The van der Waals surface area contributed by atoms with E-state index in [4.69, 9.17) is 21.7 Å². The van der Waals surface area contributed by atoms with E-state index in [2.05, 4.69) is 16.0 Å². The molecule has 0 bridgehead atoms. The normalized spacial score (nSPS) is 11.3. The van der Waals surface area contributed by atoms with E-state index in [0.29, 0.717) is 22.3 Å². The van der Waals surface area contributed by atoms with E-state index in [1.165, 1.54) is 17.3 Å². The molecule has 3 aromatic rings. The highest BCUT2D eigenvalue weighted by molar-refractivity contribution is 8.00. The van der Waals surface area contributed by atoms with Crippen LogP contribution in [0.15, 0.2) is 71.6 Å². The Morgan fingerprint density at radius 1 is 0.848 bits per heavy atom. The zero-order chi connectivity index (χ0) is 23.8. The molecular weight excluding hydrogens is 454 g/mol. The van der Waals surface area contributed by atoms with Crippen molar-refractivity contribution in [3.63, 3.8) is 0 Å². The third-order valence-corrected chi connectivity index (χ3v) is 6.00. The molecule has 0 aromatic heterocycles. The first-order valence-electron chi connectivity index (χ1n) is 10.3. The second-order valence-corrected chi connectivity index (χ2v) is 9.15. The van der Waals surface area contributed by atoms with Crippen molar-refractivity contribution in [2.75, 3.05) is 30.2 Å². The lowest BCUT2D eigenvalue weighted by Crippen LogP contribution is -2.22. The van der Waals surface area contributed by atoms with Gasteiger partial charge in [0.25, 0.3) is 0 Å². The molecule has 1 unspecified atom stereocenters. The number of rotatable bonds is 8. The van der Waals surface area contributed by atoms with E-state index < -0.39 is 0 Å². The lowest BCUT2D eigenvalue weighted by atomic mass is 10.2. The number of anilines is 3. The summed E-state index contributed by atoms with van der Waals surface area (Å²) in [6, 6.07) is 21.1. The van der Waals surface area contributed by atoms with Gasteiger partial charge in [0.15, 0.2) is 5.11 Å². The fraction of sp³-hybridized carbons (Fsp3) is 0.200. The minimum absolute atomic E-state index is 0.120. The van der Waals surface area contributed by atoms with Crippen molar-refractivity contribution in [1.29, 1.82) is 0 Å². The van der Waals surface area contributed by atoms with Crippen LogP contribution in [0.25, 0.3) is 0 Å². The molecule has 0 saturated heterocycles. The lowest BCUT2D eigenvalue weighted by molar-refractivity contribution is -0.115. The number of thioether (sulfide) groups is 1. The topological polar surface area (TPSA) is 71.6 Å². The number of hydrogen-bond acceptors (Lipinski definition) is 5. The fourth-order valence-electron chi connectivity index (χ4n) is 2.96. The summed E-state index contributed by atoms with van der Waals surface area (Å²) in [4.78, 5) is 13.7. The van der Waals surface area contributed by atoms with Gasteiger partial charge in [0.1, 0.15) is 11.5 Å². The molecular formula is C25H27N3O3S2. The number of thiocarbonyl (C=S) groups is 1. The van der Waals surface area contributed by atoms with E-state index in [0.717, 1.165) is 16.3 Å². The molecule has 0 aliphatic rings. The van der Waals surface area contributed by atoms with Gasteiger partial charge < -0.3 is 25.4 Å². The van der Waals surface area contributed by atoms with Gasteiger partial charge in [-0.25, -0.2) is 0 Å². The monoisotopic (exact) mass is 481 g/mol. The Hall–Kier alpha value is -3.23. The first kappa shape index (κ1) is 24.4. The van der Waals surface area contributed by atoms with Gasteiger partial charge in [-0.05, 0) is 56.4 Å². The van der Waals surface area contributed by atoms with E-state index in [-0.39, 0.29) is 11.2 Å². The van der Waals surface area contributed by atoms with Crippen LogP contribution in [0.1, 0.15) is 12.5 Å². The Morgan fingerprint density at radius 3 is 2.12 bits per heavy atom. The second-order valence-electron chi connectivity index (χ2n) is 7.32. The molecule has 33 heavy (non-hydrogen) atoms. The zero-order valence-electron chi connectivity index (χ0n) is 19.0. The van der Waals surface area contributed by atoms with Crippen LogP contribution in [-0.2, 0) is 4.79 Å². The van der Waals surface area contributed by atoms with Gasteiger partial charge in [0, 0.05) is 40.2 Å². The van der Waals surface area contributed by atoms with Crippen LogP contribution in [0.3, 0.4) is 0 Å². The predicted octanol–water partition coefficient (Wildman–Crippen LogP) is 5.94. The van der Waals surface area contributed by atoms with Gasteiger partial charge in [-0.1, -0.05) is 23.8 Å². The molecule has 0 aliphatic heterocycles. The third-order valence-electron chi connectivity index (χ3n) is 4.70. The van der Waals surface area contributed by atoms with Crippen LogP contribution in [0, 0.1) is 6.92 Å². The summed E-state index contributed by atoms with van der Waals surface area (Å²) in [5, 5.41) is 9.46. The highest BCUT2D eigenvalue weighted by Gasteiger charge is 2.16. The molecule has 6 nitrogen and oxygen atoms in total. The largest absolute Gasteiger partial charge is 0.497 e. The molecule has 0 heterocycles. The Kier molecular flexibility index (Phi) is 8.57. The summed E-state index contributed by atoms with van der Waals surface area (Å²) in [6.07, 6.45) is 0. The molecule has 0 saturated carbocycles. The number of carbonyl (C=O) groups excluding carboxylic acids is 1. The molecule has 3 N–H and O–H groups in total. The summed E-state index contributed by atoms with van der Waals surface area (Å²) in [6.45, 7) is 3.90. The second kappa shape index (κ2) is 11.6. The Bertz CT molecular complexity index is 1100. The molecule has 1 amide bonds. The third kappa shape index (κ3) is 7.40. The molecule has 3 rings (SSSR count). The number of aryl methyl sites for hydroxylation is 1. The highest BCUT2D eigenvalue weighted by Crippen LogP contribution is 2.29. The summed E-state index contributed by atoms with van der Waals surface area (Å²) < 4.78 is 10.5. The number of hydrogen-bond donors (Lipinski definition) is 3. The number of ether oxygens (including phenoxy) is 2. The molecule has 3 aromatic carbocycles. The number of benzene rings is 3. The predicted molar refractivity (Wildman–Crippen MR) is 141 cm³/mol. The summed E-state index contributed by atoms with van der Waals surface area (Å²) in [7, 11) is 3.14. The van der Waals surface area contributed by atoms with Crippen molar-refractivity contribution >= 4 is 52.1 Å². The lowest BCUT2D eigenvalue weighted by Gasteiger charge is -2.15. The number of nitrogens with one attached hydrogen (secondary N) is 3.